The molecule has 2 atom stereocenters. The van der Waals surface area contributed by atoms with Gasteiger partial charge >= 0.3 is 6.09 Å². The highest BCUT2D eigenvalue weighted by Crippen LogP contribution is 2.33. The molecule has 3 aromatic carbocycles. The molecule has 10 nitrogen and oxygen atoms in total. The van der Waals surface area contributed by atoms with Gasteiger partial charge in [0.05, 0.1) is 12.3 Å². The number of ether oxygens (including phenoxy) is 1. The molecule has 2 amide bonds. The third-order valence-corrected chi connectivity index (χ3v) is 8.47. The number of likely N-dealkylation sites (N-methyl/N-ethyl adjacent to an activating group) is 1. The number of carbonyl (C=O) groups is 2. The molecule has 230 valence electrons. The van der Waals surface area contributed by atoms with Gasteiger partial charge in [0, 0.05) is 61.3 Å². The molecule has 45 heavy (non-hydrogen) atoms. The summed E-state index contributed by atoms with van der Waals surface area (Å²) in [6, 6.07) is 18.2. The van der Waals surface area contributed by atoms with E-state index in [0.29, 0.717) is 16.8 Å². The molecule has 4 heterocycles. The van der Waals surface area contributed by atoms with E-state index in [2.05, 4.69) is 20.7 Å². The zero-order valence-electron chi connectivity index (χ0n) is 26.0. The van der Waals surface area contributed by atoms with Crippen LogP contribution >= 0.6 is 0 Å². The fourth-order valence-corrected chi connectivity index (χ4v) is 6.36. The minimum Gasteiger partial charge on any atom is -0.449 e. The number of pyridine rings is 1. The number of aryl methyl sites for hydroxylation is 3. The van der Waals surface area contributed by atoms with E-state index in [4.69, 9.17) is 4.74 Å². The summed E-state index contributed by atoms with van der Waals surface area (Å²) < 4.78 is 7.42. The SMILES string of the molecule is Cc1cc2cc(C)c1[C@@H](C)COC(=O)Nc1ccc(-c3ccnn3C)c(c1)CN(C)C(=O)[C@@H]2Nc1ccc2cc[nH]c(=O)c2c1. The van der Waals surface area contributed by atoms with Crippen molar-refractivity contribution in [2.24, 2.45) is 7.05 Å². The van der Waals surface area contributed by atoms with Crippen LogP contribution in [0.4, 0.5) is 16.2 Å². The molecule has 4 bridgehead atoms. The van der Waals surface area contributed by atoms with E-state index in [1.165, 1.54) is 0 Å². The summed E-state index contributed by atoms with van der Waals surface area (Å²) >= 11 is 0. The number of carbonyl (C=O) groups excluding carboxylic acids is 2. The fraction of sp³-hybridized carbons (Fsp3) is 0.257. The third kappa shape index (κ3) is 5.91. The van der Waals surface area contributed by atoms with E-state index in [9.17, 15) is 14.4 Å². The molecule has 2 aliphatic heterocycles. The monoisotopic (exact) mass is 604 g/mol. The Bertz CT molecular complexity index is 1970. The predicted octanol–water partition coefficient (Wildman–Crippen LogP) is 6.02. The van der Waals surface area contributed by atoms with Gasteiger partial charge in [-0.2, -0.15) is 5.10 Å². The molecule has 5 aromatic rings. The molecular formula is C35H36N6O4. The molecule has 0 unspecified atom stereocenters. The van der Waals surface area contributed by atoms with Gasteiger partial charge in [-0.05, 0) is 83.4 Å². The molecule has 0 fully saturated rings. The van der Waals surface area contributed by atoms with Gasteiger partial charge in [0.15, 0.2) is 0 Å². The number of aromatic amines is 1. The maximum Gasteiger partial charge on any atom is 0.411 e. The van der Waals surface area contributed by atoms with Gasteiger partial charge in [-0.3, -0.25) is 19.6 Å². The lowest BCUT2D eigenvalue weighted by atomic mass is 9.88. The lowest BCUT2D eigenvalue weighted by molar-refractivity contribution is -0.131. The van der Waals surface area contributed by atoms with Gasteiger partial charge in [0.2, 0.25) is 5.91 Å². The fourth-order valence-electron chi connectivity index (χ4n) is 6.36. The Morgan fingerprint density at radius 1 is 0.956 bits per heavy atom. The number of rotatable bonds is 3. The summed E-state index contributed by atoms with van der Waals surface area (Å²) in [5.74, 6) is -0.227. The highest BCUT2D eigenvalue weighted by Gasteiger charge is 2.28. The van der Waals surface area contributed by atoms with E-state index in [-0.39, 0.29) is 30.5 Å². The smallest absolute Gasteiger partial charge is 0.411 e. The quantitative estimate of drug-likeness (QED) is 0.232. The Kier molecular flexibility index (Phi) is 7.88. The van der Waals surface area contributed by atoms with Crippen molar-refractivity contribution in [1.29, 1.82) is 0 Å². The van der Waals surface area contributed by atoms with E-state index in [1.807, 2.05) is 82.4 Å². The predicted molar refractivity (Wildman–Crippen MR) is 175 cm³/mol. The van der Waals surface area contributed by atoms with E-state index in [1.54, 1.807) is 35.1 Å². The molecule has 2 aliphatic rings. The number of hydrogen-bond donors (Lipinski definition) is 3. The Morgan fingerprint density at radius 3 is 2.47 bits per heavy atom. The first-order valence-electron chi connectivity index (χ1n) is 14.9. The topological polar surface area (TPSA) is 121 Å². The second-order valence-electron chi connectivity index (χ2n) is 11.8. The maximum absolute atomic E-state index is 14.5. The Labute approximate surface area is 261 Å². The molecule has 7 rings (SSSR count). The van der Waals surface area contributed by atoms with Crippen LogP contribution in [0.25, 0.3) is 22.0 Å². The van der Waals surface area contributed by atoms with E-state index < -0.39 is 12.1 Å². The van der Waals surface area contributed by atoms with E-state index in [0.717, 1.165) is 44.5 Å². The van der Waals surface area contributed by atoms with Crippen LogP contribution in [0.2, 0.25) is 0 Å². The van der Waals surface area contributed by atoms with Gasteiger partial charge in [0.1, 0.15) is 6.04 Å². The van der Waals surface area contributed by atoms with Crippen LogP contribution in [-0.2, 0) is 23.1 Å². The molecular weight excluding hydrogens is 568 g/mol. The molecule has 0 aliphatic carbocycles. The maximum atomic E-state index is 14.5. The summed E-state index contributed by atoms with van der Waals surface area (Å²) in [6.07, 6.45) is 2.81. The van der Waals surface area contributed by atoms with Crippen molar-refractivity contribution < 1.29 is 14.3 Å². The number of aromatic nitrogens is 3. The number of amides is 2. The zero-order valence-corrected chi connectivity index (χ0v) is 26.0. The molecule has 0 radical (unpaired) electrons. The summed E-state index contributed by atoms with van der Waals surface area (Å²) in [7, 11) is 3.63. The van der Waals surface area contributed by atoms with Gasteiger partial charge < -0.3 is 19.9 Å². The first-order valence-corrected chi connectivity index (χ1v) is 14.9. The van der Waals surface area contributed by atoms with Crippen LogP contribution < -0.4 is 16.2 Å². The van der Waals surface area contributed by atoms with Crippen LogP contribution in [0.3, 0.4) is 0 Å². The number of hydrogen-bond acceptors (Lipinski definition) is 6. The normalized spacial score (nSPS) is 17.3. The molecule has 2 aromatic heterocycles. The lowest BCUT2D eigenvalue weighted by Crippen LogP contribution is -2.35. The van der Waals surface area contributed by atoms with Crippen LogP contribution in [0, 0.1) is 13.8 Å². The largest absolute Gasteiger partial charge is 0.449 e. The van der Waals surface area contributed by atoms with Crippen LogP contribution in [0.1, 0.15) is 46.7 Å². The van der Waals surface area contributed by atoms with Crippen molar-refractivity contribution in [2.45, 2.75) is 39.3 Å². The van der Waals surface area contributed by atoms with Crippen LogP contribution in [0.5, 0.6) is 0 Å². The van der Waals surface area contributed by atoms with Gasteiger partial charge in [-0.1, -0.05) is 31.2 Å². The number of H-pyrrole nitrogens is 1. The highest BCUT2D eigenvalue weighted by atomic mass is 16.5. The third-order valence-electron chi connectivity index (χ3n) is 8.47. The standard InChI is InChI=1S/C35H36N6O4/c1-20-14-24-15-21(2)31(20)22(3)19-45-35(44)39-26-8-9-28(30-11-13-37-41(30)5)25(16-26)18-40(4)34(43)32(24)38-27-7-6-23-10-12-36-33(42)29(23)17-27/h6-17,22,32,38H,18-19H2,1-5H3,(H,36,42)(H,39,44)/t22-,32+/m0/s1. The van der Waals surface area contributed by atoms with Crippen molar-refractivity contribution in [3.8, 4) is 11.3 Å². The number of anilines is 2. The minimum atomic E-state index is -0.746. The van der Waals surface area contributed by atoms with Crippen molar-refractivity contribution >= 4 is 34.1 Å². The first-order chi connectivity index (χ1) is 21.6. The Balaban J connectivity index is 1.46. The zero-order chi connectivity index (χ0) is 31.8. The van der Waals surface area contributed by atoms with Crippen molar-refractivity contribution in [1.82, 2.24) is 19.7 Å². The average molecular weight is 605 g/mol. The first kappa shape index (κ1) is 29.7. The highest BCUT2D eigenvalue weighted by molar-refractivity contribution is 5.89. The summed E-state index contributed by atoms with van der Waals surface area (Å²) in [5, 5.41) is 12.0. The van der Waals surface area contributed by atoms with Crippen molar-refractivity contribution in [2.75, 3.05) is 24.3 Å². The van der Waals surface area contributed by atoms with Crippen LogP contribution in [-0.4, -0.2) is 45.3 Å². The summed E-state index contributed by atoms with van der Waals surface area (Å²) in [4.78, 5) is 44.3. The number of nitrogens with zero attached hydrogens (tertiary/aromatic N) is 3. The average Bonchev–Trinajstić information content (AvgIpc) is 3.43. The Hall–Kier alpha value is -5.38. The number of benzene rings is 3. The van der Waals surface area contributed by atoms with Gasteiger partial charge in [-0.15, -0.1) is 0 Å². The van der Waals surface area contributed by atoms with Gasteiger partial charge in [-0.25, -0.2) is 4.79 Å². The second kappa shape index (κ2) is 12.0. The number of nitrogens with one attached hydrogen (secondary N) is 3. The van der Waals surface area contributed by atoms with Gasteiger partial charge in [0.25, 0.3) is 5.56 Å². The minimum absolute atomic E-state index is 0.0718. The lowest BCUT2D eigenvalue weighted by Gasteiger charge is -2.28. The molecule has 3 N–H and O–H groups in total. The molecule has 0 saturated heterocycles. The number of fused-ring (bicyclic) bond motifs is 10. The van der Waals surface area contributed by atoms with E-state index >= 15 is 0 Å². The van der Waals surface area contributed by atoms with Crippen LogP contribution in [0.15, 0.2) is 77.9 Å². The molecule has 0 saturated carbocycles. The summed E-state index contributed by atoms with van der Waals surface area (Å²) in [6.45, 7) is 6.50. The molecule has 10 heteroatoms. The van der Waals surface area contributed by atoms with Crippen molar-refractivity contribution in [3.63, 3.8) is 0 Å². The molecule has 0 spiro atoms. The summed E-state index contributed by atoms with van der Waals surface area (Å²) in [5.41, 5.74) is 7.47. The van der Waals surface area contributed by atoms with Crippen molar-refractivity contribution in [3.05, 3.63) is 111 Å². The second-order valence-corrected chi connectivity index (χ2v) is 11.8. The Morgan fingerprint density at radius 2 is 1.73 bits per heavy atom.